The van der Waals surface area contributed by atoms with E-state index in [0.29, 0.717) is 17.4 Å². The van der Waals surface area contributed by atoms with E-state index in [-0.39, 0.29) is 5.84 Å². The lowest BCUT2D eigenvalue weighted by Crippen LogP contribution is -2.28. The minimum absolute atomic E-state index is 0.0566. The second-order valence-corrected chi connectivity index (χ2v) is 5.07. The van der Waals surface area contributed by atoms with Crippen LogP contribution in [0.15, 0.2) is 23.4 Å². The van der Waals surface area contributed by atoms with Crippen molar-refractivity contribution < 1.29 is 9.94 Å². The van der Waals surface area contributed by atoms with Gasteiger partial charge in [0.1, 0.15) is 5.75 Å². The van der Waals surface area contributed by atoms with Gasteiger partial charge in [0, 0.05) is 12.6 Å². The van der Waals surface area contributed by atoms with Crippen LogP contribution in [-0.4, -0.2) is 36.1 Å². The van der Waals surface area contributed by atoms with Gasteiger partial charge in [-0.05, 0) is 38.1 Å². The minimum atomic E-state index is 0.0566. The third-order valence-corrected chi connectivity index (χ3v) is 3.54. The summed E-state index contributed by atoms with van der Waals surface area (Å²) in [5, 5.41) is 11.8. The monoisotopic (exact) mass is 279 g/mol. The first-order valence-electron chi connectivity index (χ1n) is 6.88. The highest BCUT2D eigenvalue weighted by atomic mass is 16.5. The van der Waals surface area contributed by atoms with Gasteiger partial charge < -0.3 is 15.7 Å². The summed E-state index contributed by atoms with van der Waals surface area (Å²) in [6.45, 7) is 5.26. The molecule has 0 bridgehead atoms. The van der Waals surface area contributed by atoms with Crippen molar-refractivity contribution >= 4 is 5.84 Å². The fourth-order valence-electron chi connectivity index (χ4n) is 2.18. The number of oxime groups is 1. The Kier molecular flexibility index (Phi) is 6.31. The number of hydrogen-bond acceptors (Lipinski definition) is 4. The lowest BCUT2D eigenvalue weighted by molar-refractivity contribution is 0.236. The van der Waals surface area contributed by atoms with Gasteiger partial charge in [-0.3, -0.25) is 4.90 Å². The molecule has 0 fully saturated rings. The second kappa shape index (κ2) is 7.75. The zero-order valence-corrected chi connectivity index (χ0v) is 12.8. The van der Waals surface area contributed by atoms with E-state index in [4.69, 9.17) is 15.7 Å². The van der Waals surface area contributed by atoms with Crippen LogP contribution in [0.2, 0.25) is 0 Å². The van der Waals surface area contributed by atoms with E-state index in [0.717, 1.165) is 12.1 Å². The summed E-state index contributed by atoms with van der Waals surface area (Å²) in [6, 6.07) is 6.27. The molecule has 0 aromatic heterocycles. The number of nitrogens with two attached hydrogens (primary N) is 1. The van der Waals surface area contributed by atoms with Crippen LogP contribution in [0.25, 0.3) is 0 Å². The Morgan fingerprint density at radius 3 is 2.75 bits per heavy atom. The molecule has 20 heavy (non-hydrogen) atoms. The van der Waals surface area contributed by atoms with E-state index >= 15 is 0 Å². The summed E-state index contributed by atoms with van der Waals surface area (Å²) in [4.78, 5) is 2.31. The first kappa shape index (κ1) is 16.3. The molecule has 0 radical (unpaired) electrons. The maximum absolute atomic E-state index is 8.75. The van der Waals surface area contributed by atoms with E-state index in [2.05, 4.69) is 31.0 Å². The number of ether oxygens (including phenoxy) is 1. The fourth-order valence-corrected chi connectivity index (χ4v) is 2.18. The van der Waals surface area contributed by atoms with Gasteiger partial charge in [0.15, 0.2) is 5.84 Å². The highest BCUT2D eigenvalue weighted by Gasteiger charge is 2.12. The first-order chi connectivity index (χ1) is 9.53. The number of nitrogens with zero attached hydrogens (tertiary/aromatic N) is 2. The maximum Gasteiger partial charge on any atom is 0.173 e. The molecule has 5 heteroatoms. The van der Waals surface area contributed by atoms with Crippen LogP contribution in [0.4, 0.5) is 0 Å². The van der Waals surface area contributed by atoms with Crippen LogP contribution in [0, 0.1) is 0 Å². The van der Waals surface area contributed by atoms with Gasteiger partial charge in [-0.1, -0.05) is 24.6 Å². The molecule has 0 amide bonds. The number of benzene rings is 1. The maximum atomic E-state index is 8.75. The quantitative estimate of drug-likeness (QED) is 0.348. The third kappa shape index (κ3) is 4.13. The van der Waals surface area contributed by atoms with Gasteiger partial charge in [-0.15, -0.1) is 0 Å². The van der Waals surface area contributed by atoms with E-state index in [9.17, 15) is 0 Å². The summed E-state index contributed by atoms with van der Waals surface area (Å²) < 4.78 is 5.31. The summed E-state index contributed by atoms with van der Waals surface area (Å²) in [7, 11) is 3.70. The summed E-state index contributed by atoms with van der Waals surface area (Å²) >= 11 is 0. The van der Waals surface area contributed by atoms with Gasteiger partial charge in [0.25, 0.3) is 0 Å². The standard InChI is InChI=1S/C15H25N3O2/c1-5-6-11(2)18(3)10-12-7-8-13(15(16)17-19)14(9-12)20-4/h7-9,11,19H,5-6,10H2,1-4H3,(H2,16,17). The highest BCUT2D eigenvalue weighted by Crippen LogP contribution is 2.21. The van der Waals surface area contributed by atoms with Crippen LogP contribution in [0.3, 0.4) is 0 Å². The molecule has 3 N–H and O–H groups in total. The van der Waals surface area contributed by atoms with Crippen LogP contribution in [0.5, 0.6) is 5.75 Å². The van der Waals surface area contributed by atoms with Crippen molar-refractivity contribution in [2.75, 3.05) is 14.2 Å². The van der Waals surface area contributed by atoms with Gasteiger partial charge in [-0.25, -0.2) is 0 Å². The molecule has 1 aromatic carbocycles. The Morgan fingerprint density at radius 2 is 2.20 bits per heavy atom. The van der Waals surface area contributed by atoms with E-state index in [1.54, 1.807) is 7.11 Å². The largest absolute Gasteiger partial charge is 0.496 e. The lowest BCUT2D eigenvalue weighted by Gasteiger charge is -2.24. The molecule has 1 rings (SSSR count). The van der Waals surface area contributed by atoms with Crippen molar-refractivity contribution in [3.8, 4) is 5.75 Å². The molecule has 5 nitrogen and oxygen atoms in total. The summed E-state index contributed by atoms with van der Waals surface area (Å²) in [5.41, 5.74) is 7.36. The molecule has 1 atom stereocenters. The lowest BCUT2D eigenvalue weighted by atomic mass is 10.1. The smallest absolute Gasteiger partial charge is 0.173 e. The Hall–Kier alpha value is -1.75. The van der Waals surface area contributed by atoms with Gasteiger partial charge in [0.2, 0.25) is 0 Å². The number of amidine groups is 1. The minimum Gasteiger partial charge on any atom is -0.496 e. The number of hydrogen-bond donors (Lipinski definition) is 2. The Labute approximate surface area is 121 Å². The topological polar surface area (TPSA) is 71.1 Å². The molecule has 0 aliphatic carbocycles. The van der Waals surface area contributed by atoms with E-state index in [1.807, 2.05) is 18.2 Å². The average Bonchev–Trinajstić information content (AvgIpc) is 2.46. The predicted octanol–water partition coefficient (Wildman–Crippen LogP) is 2.41. The first-order valence-corrected chi connectivity index (χ1v) is 6.88. The van der Waals surface area contributed by atoms with E-state index < -0.39 is 0 Å². The summed E-state index contributed by atoms with van der Waals surface area (Å²) in [5.74, 6) is 0.676. The molecule has 112 valence electrons. The summed E-state index contributed by atoms with van der Waals surface area (Å²) in [6.07, 6.45) is 2.35. The number of methoxy groups -OCH3 is 1. The SMILES string of the molecule is CCCC(C)N(C)Cc1ccc(/C(N)=N/O)c(OC)c1. The Morgan fingerprint density at radius 1 is 1.50 bits per heavy atom. The van der Waals surface area contributed by atoms with Crippen LogP contribution >= 0.6 is 0 Å². The van der Waals surface area contributed by atoms with Crippen molar-refractivity contribution in [2.45, 2.75) is 39.3 Å². The van der Waals surface area contributed by atoms with Gasteiger partial charge in [0.05, 0.1) is 12.7 Å². The molecular weight excluding hydrogens is 254 g/mol. The van der Waals surface area contributed by atoms with Crippen LogP contribution < -0.4 is 10.5 Å². The van der Waals surface area contributed by atoms with Crippen molar-refractivity contribution in [1.82, 2.24) is 4.90 Å². The van der Waals surface area contributed by atoms with Crippen LogP contribution in [0.1, 0.15) is 37.8 Å². The molecule has 0 heterocycles. The molecule has 0 saturated carbocycles. The molecule has 1 aromatic rings. The average molecular weight is 279 g/mol. The Balaban J connectivity index is 2.88. The normalized spacial score (nSPS) is 13.6. The molecule has 0 spiro atoms. The third-order valence-electron chi connectivity index (χ3n) is 3.54. The molecule has 0 aliphatic rings. The van der Waals surface area contributed by atoms with Crippen molar-refractivity contribution in [1.29, 1.82) is 0 Å². The predicted molar refractivity (Wildman–Crippen MR) is 81.3 cm³/mol. The molecule has 0 aliphatic heterocycles. The van der Waals surface area contributed by atoms with E-state index in [1.165, 1.54) is 12.8 Å². The Bertz CT molecular complexity index is 460. The molecule has 1 unspecified atom stereocenters. The highest BCUT2D eigenvalue weighted by molar-refractivity contribution is 5.99. The molecular formula is C15H25N3O2. The van der Waals surface area contributed by atoms with Crippen LogP contribution in [-0.2, 0) is 6.54 Å². The van der Waals surface area contributed by atoms with Gasteiger partial charge >= 0.3 is 0 Å². The fraction of sp³-hybridized carbons (Fsp3) is 0.533. The molecule has 0 saturated heterocycles. The number of rotatable bonds is 7. The van der Waals surface area contributed by atoms with Gasteiger partial charge in [-0.2, -0.15) is 0 Å². The van der Waals surface area contributed by atoms with Crippen molar-refractivity contribution in [3.63, 3.8) is 0 Å². The van der Waals surface area contributed by atoms with Crippen molar-refractivity contribution in [3.05, 3.63) is 29.3 Å². The zero-order valence-electron chi connectivity index (χ0n) is 12.8. The second-order valence-electron chi connectivity index (χ2n) is 5.07. The van der Waals surface area contributed by atoms with Crippen molar-refractivity contribution in [2.24, 2.45) is 10.9 Å². The zero-order chi connectivity index (χ0) is 15.1.